The fourth-order valence-corrected chi connectivity index (χ4v) is 3.52. The van der Waals surface area contributed by atoms with E-state index in [9.17, 15) is 14.7 Å². The lowest BCUT2D eigenvalue weighted by atomic mass is 10.0. The van der Waals surface area contributed by atoms with Crippen molar-refractivity contribution in [2.75, 3.05) is 12.3 Å². The molecule has 2 atom stereocenters. The highest BCUT2D eigenvalue weighted by Crippen LogP contribution is 2.39. The van der Waals surface area contributed by atoms with E-state index in [4.69, 9.17) is 5.11 Å². The highest BCUT2D eigenvalue weighted by Gasteiger charge is 2.53. The van der Waals surface area contributed by atoms with E-state index in [0.29, 0.717) is 0 Å². The van der Waals surface area contributed by atoms with E-state index in [-0.39, 0.29) is 34.5 Å². The molecule has 1 amide bonds. The van der Waals surface area contributed by atoms with Crippen LogP contribution >= 0.6 is 11.8 Å². The molecule has 0 saturated carbocycles. The summed E-state index contributed by atoms with van der Waals surface area (Å²) in [6.07, 6.45) is 3.23. The van der Waals surface area contributed by atoms with Crippen LogP contribution in [0, 0.1) is 0 Å². The number of aliphatic carboxylic acids is 1. The minimum atomic E-state index is -1.25. The molecule has 1 unspecified atom stereocenters. The van der Waals surface area contributed by atoms with Gasteiger partial charge in [0.15, 0.2) is 5.70 Å². The molecule has 0 spiro atoms. The number of rotatable bonds is 6. The van der Waals surface area contributed by atoms with Crippen molar-refractivity contribution >= 4 is 23.6 Å². The van der Waals surface area contributed by atoms with E-state index in [1.54, 1.807) is 0 Å². The number of β-lactam (4-membered cyclic amide) rings is 1. The molecular formula is C12H18N2O4S. The van der Waals surface area contributed by atoms with E-state index in [2.05, 4.69) is 12.2 Å². The average molecular weight is 286 g/mol. The first kappa shape index (κ1) is 14.2. The number of nitrogens with zero attached hydrogens (tertiary/aromatic N) is 1. The van der Waals surface area contributed by atoms with Crippen LogP contribution in [0.25, 0.3) is 0 Å². The first-order chi connectivity index (χ1) is 9.07. The second kappa shape index (κ2) is 5.83. The van der Waals surface area contributed by atoms with Crippen molar-refractivity contribution in [2.45, 2.75) is 37.6 Å². The molecule has 0 aromatic heterocycles. The third-order valence-corrected chi connectivity index (χ3v) is 4.56. The Morgan fingerprint density at radius 2 is 2.26 bits per heavy atom. The number of thioether (sulfide) groups is 1. The van der Waals surface area contributed by atoms with E-state index in [1.165, 1.54) is 16.7 Å². The van der Waals surface area contributed by atoms with Gasteiger partial charge in [-0.1, -0.05) is 19.8 Å². The number of carbonyl (C=O) groups excluding carboxylic acids is 1. The molecule has 1 fully saturated rings. The average Bonchev–Trinajstić information content (AvgIpc) is 2.38. The third kappa shape index (κ3) is 2.57. The van der Waals surface area contributed by atoms with Gasteiger partial charge in [-0.15, -0.1) is 11.8 Å². The molecule has 0 aliphatic carbocycles. The van der Waals surface area contributed by atoms with Gasteiger partial charge in [-0.3, -0.25) is 9.69 Å². The molecule has 0 radical (unpaired) electrons. The summed E-state index contributed by atoms with van der Waals surface area (Å²) in [4.78, 5) is 24.2. The Morgan fingerprint density at radius 1 is 1.53 bits per heavy atom. The molecule has 1 saturated heterocycles. The molecule has 0 aromatic rings. The highest BCUT2D eigenvalue weighted by atomic mass is 32.2. The number of amides is 1. The van der Waals surface area contributed by atoms with Crippen molar-refractivity contribution in [3.63, 3.8) is 0 Å². The number of nitrogens with one attached hydrogen (secondary N) is 1. The molecule has 0 aromatic carbocycles. The quantitative estimate of drug-likeness (QED) is 0.496. The largest absolute Gasteiger partial charge is 0.509 e. The van der Waals surface area contributed by atoms with Gasteiger partial charge >= 0.3 is 5.97 Å². The van der Waals surface area contributed by atoms with E-state index < -0.39 is 5.97 Å². The zero-order valence-electron chi connectivity index (χ0n) is 10.8. The van der Waals surface area contributed by atoms with Gasteiger partial charge in [0, 0.05) is 0 Å². The first-order valence-electron chi connectivity index (χ1n) is 6.41. The van der Waals surface area contributed by atoms with E-state index in [1.807, 2.05) is 0 Å². The Bertz CT molecular complexity index is 424. The number of unbranched alkanes of at least 4 members (excludes halogenated alkanes) is 2. The molecule has 7 heteroatoms. The van der Waals surface area contributed by atoms with E-state index in [0.717, 1.165) is 25.8 Å². The molecule has 6 nitrogen and oxygen atoms in total. The number of aliphatic hydroxyl groups excluding tert-OH is 1. The smallest absolute Gasteiger partial charge is 0.356 e. The number of hydrogen-bond acceptors (Lipinski definition) is 5. The SMILES string of the molecule is CCCCCNC1C(=O)N2C(C(=O)O)=C(O)CS[C@@H]12. The summed E-state index contributed by atoms with van der Waals surface area (Å²) in [7, 11) is 0. The predicted molar refractivity (Wildman–Crippen MR) is 71.7 cm³/mol. The van der Waals surface area contributed by atoms with Gasteiger partial charge in [-0.2, -0.15) is 0 Å². The topological polar surface area (TPSA) is 89.9 Å². The number of carbonyl (C=O) groups is 2. The molecule has 2 aliphatic rings. The first-order valence-corrected chi connectivity index (χ1v) is 7.46. The normalized spacial score (nSPS) is 26.2. The molecule has 2 rings (SSSR count). The van der Waals surface area contributed by atoms with Gasteiger partial charge in [0.05, 0.1) is 5.75 Å². The summed E-state index contributed by atoms with van der Waals surface area (Å²) in [5.41, 5.74) is -0.264. The zero-order chi connectivity index (χ0) is 14.0. The lowest BCUT2D eigenvalue weighted by molar-refractivity contribution is -0.149. The summed E-state index contributed by atoms with van der Waals surface area (Å²) < 4.78 is 0. The molecule has 106 valence electrons. The number of carboxylic acids is 1. The van der Waals surface area contributed by atoms with Crippen molar-refractivity contribution in [2.24, 2.45) is 0 Å². The molecule has 2 aliphatic heterocycles. The number of fused-ring (bicyclic) bond motifs is 1. The van der Waals surface area contributed by atoms with Gasteiger partial charge in [0.1, 0.15) is 17.2 Å². The van der Waals surface area contributed by atoms with Crippen molar-refractivity contribution in [3.8, 4) is 0 Å². The minimum absolute atomic E-state index is 0.212. The fraction of sp³-hybridized carbons (Fsp3) is 0.667. The number of aliphatic hydroxyl groups is 1. The van der Waals surface area contributed by atoms with Crippen LogP contribution in [0.2, 0.25) is 0 Å². The summed E-state index contributed by atoms with van der Waals surface area (Å²) in [6, 6.07) is -0.329. The van der Waals surface area contributed by atoms with Crippen LogP contribution in [0.1, 0.15) is 26.2 Å². The molecule has 3 N–H and O–H groups in total. The second-order valence-electron chi connectivity index (χ2n) is 4.65. The Morgan fingerprint density at radius 3 is 2.89 bits per heavy atom. The van der Waals surface area contributed by atoms with Crippen LogP contribution in [0.5, 0.6) is 0 Å². The molecule has 0 bridgehead atoms. The lowest BCUT2D eigenvalue weighted by Gasteiger charge is -2.48. The zero-order valence-corrected chi connectivity index (χ0v) is 11.6. The maximum Gasteiger partial charge on any atom is 0.356 e. The summed E-state index contributed by atoms with van der Waals surface area (Å²) in [5, 5.41) is 21.6. The Kier molecular flexibility index (Phi) is 4.36. The van der Waals surface area contributed by atoms with Crippen LogP contribution in [0.3, 0.4) is 0 Å². The van der Waals surface area contributed by atoms with Crippen molar-refractivity contribution < 1.29 is 19.8 Å². The van der Waals surface area contributed by atoms with Crippen LogP contribution < -0.4 is 5.32 Å². The number of hydrogen-bond donors (Lipinski definition) is 3. The molecular weight excluding hydrogens is 268 g/mol. The lowest BCUT2D eigenvalue weighted by Crippen LogP contribution is -2.69. The Labute approximate surface area is 115 Å². The monoisotopic (exact) mass is 286 g/mol. The van der Waals surface area contributed by atoms with Gasteiger partial charge in [0.25, 0.3) is 0 Å². The van der Waals surface area contributed by atoms with Gasteiger partial charge in [-0.05, 0) is 13.0 Å². The summed E-state index contributed by atoms with van der Waals surface area (Å²) in [6.45, 7) is 2.87. The standard InChI is InChI=1S/C12H18N2O4S/c1-2-3-4-5-13-8-10(16)14-9(12(17)18)7(15)6-19-11(8)14/h8,11,13,15H,2-6H2,1H3,(H,17,18)/t8?,11-/m0/s1. The van der Waals surface area contributed by atoms with Crippen molar-refractivity contribution in [3.05, 3.63) is 11.5 Å². The second-order valence-corrected chi connectivity index (χ2v) is 5.75. The van der Waals surface area contributed by atoms with Gasteiger partial charge in [-0.25, -0.2) is 4.79 Å². The minimum Gasteiger partial charge on any atom is -0.509 e. The molecule has 19 heavy (non-hydrogen) atoms. The van der Waals surface area contributed by atoms with Crippen LogP contribution in [-0.2, 0) is 9.59 Å². The summed E-state index contributed by atoms with van der Waals surface area (Å²) in [5.74, 6) is -1.51. The number of carboxylic acid groups (broad SMARTS) is 1. The maximum atomic E-state index is 12.0. The van der Waals surface area contributed by atoms with Crippen molar-refractivity contribution in [1.29, 1.82) is 0 Å². The Balaban J connectivity index is 1.97. The maximum absolute atomic E-state index is 12.0. The summed E-state index contributed by atoms with van der Waals surface area (Å²) >= 11 is 1.39. The van der Waals surface area contributed by atoms with Gasteiger partial charge < -0.3 is 15.5 Å². The highest BCUT2D eigenvalue weighted by molar-refractivity contribution is 8.00. The van der Waals surface area contributed by atoms with Crippen molar-refractivity contribution in [1.82, 2.24) is 10.2 Å². The van der Waals surface area contributed by atoms with Crippen LogP contribution in [-0.4, -0.2) is 50.7 Å². The predicted octanol–water partition coefficient (Wildman–Crippen LogP) is 0.904. The van der Waals surface area contributed by atoms with Crippen LogP contribution in [0.15, 0.2) is 11.5 Å². The van der Waals surface area contributed by atoms with Gasteiger partial charge in [0.2, 0.25) is 5.91 Å². The fourth-order valence-electron chi connectivity index (χ4n) is 2.29. The molecule has 2 heterocycles. The Hall–Kier alpha value is -1.21. The van der Waals surface area contributed by atoms with Crippen LogP contribution in [0.4, 0.5) is 0 Å². The third-order valence-electron chi connectivity index (χ3n) is 3.30. The van der Waals surface area contributed by atoms with E-state index >= 15 is 0 Å².